The standard InChI is InChI=1S/C7H9F2N3O2/c1-12-2-3(4(10)7(13)14)5(11-12)6(8)9/h2,4,6H,10H2,1H3,(H,13,14). The molecule has 5 nitrogen and oxygen atoms in total. The Morgan fingerprint density at radius 1 is 1.71 bits per heavy atom. The number of rotatable bonds is 3. The summed E-state index contributed by atoms with van der Waals surface area (Å²) < 4.78 is 25.8. The predicted octanol–water partition coefficient (Wildman–Crippen LogP) is 0.442. The Hall–Kier alpha value is -1.50. The second kappa shape index (κ2) is 3.70. The van der Waals surface area contributed by atoms with Crippen molar-refractivity contribution in [1.29, 1.82) is 0 Å². The van der Waals surface area contributed by atoms with Gasteiger partial charge in [-0.1, -0.05) is 0 Å². The fourth-order valence-corrected chi connectivity index (χ4v) is 1.07. The van der Waals surface area contributed by atoms with Gasteiger partial charge in [0.25, 0.3) is 6.43 Å². The second-order valence-electron chi connectivity index (χ2n) is 2.76. The highest BCUT2D eigenvalue weighted by Crippen LogP contribution is 2.24. The van der Waals surface area contributed by atoms with Crippen LogP contribution in [0.2, 0.25) is 0 Å². The minimum Gasteiger partial charge on any atom is -0.480 e. The van der Waals surface area contributed by atoms with E-state index in [9.17, 15) is 13.6 Å². The van der Waals surface area contributed by atoms with Gasteiger partial charge < -0.3 is 10.8 Å². The Balaban J connectivity index is 3.12. The molecule has 7 heteroatoms. The number of hydrogen-bond acceptors (Lipinski definition) is 3. The molecule has 0 spiro atoms. The summed E-state index contributed by atoms with van der Waals surface area (Å²) in [5.74, 6) is -1.36. The minimum atomic E-state index is -2.82. The number of aliphatic carboxylic acids is 1. The maximum Gasteiger partial charge on any atom is 0.325 e. The third-order valence-corrected chi connectivity index (χ3v) is 1.69. The van der Waals surface area contributed by atoms with E-state index >= 15 is 0 Å². The Morgan fingerprint density at radius 2 is 2.29 bits per heavy atom. The van der Waals surface area contributed by atoms with E-state index in [0.29, 0.717) is 0 Å². The van der Waals surface area contributed by atoms with Crippen LogP contribution < -0.4 is 5.73 Å². The van der Waals surface area contributed by atoms with E-state index in [1.165, 1.54) is 13.2 Å². The first-order valence-corrected chi connectivity index (χ1v) is 3.73. The number of nitrogens with two attached hydrogens (primary N) is 1. The summed E-state index contributed by atoms with van der Waals surface area (Å²) >= 11 is 0. The van der Waals surface area contributed by atoms with Gasteiger partial charge in [-0.25, -0.2) is 8.78 Å². The van der Waals surface area contributed by atoms with Crippen molar-refractivity contribution < 1.29 is 18.7 Å². The van der Waals surface area contributed by atoms with Crippen molar-refractivity contribution in [3.63, 3.8) is 0 Å². The summed E-state index contributed by atoms with van der Waals surface area (Å²) in [5.41, 5.74) is 4.46. The molecule has 0 aliphatic carbocycles. The first-order chi connectivity index (χ1) is 6.43. The number of aromatic nitrogens is 2. The van der Waals surface area contributed by atoms with Gasteiger partial charge in [0.2, 0.25) is 0 Å². The Labute approximate surface area is 78.1 Å². The normalized spacial score (nSPS) is 13.2. The van der Waals surface area contributed by atoms with Crippen LogP contribution in [0.4, 0.5) is 8.78 Å². The summed E-state index contributed by atoms with van der Waals surface area (Å²) in [7, 11) is 1.42. The van der Waals surface area contributed by atoms with Crippen molar-refractivity contribution in [2.24, 2.45) is 12.8 Å². The molecule has 0 aliphatic heterocycles. The molecule has 0 aromatic carbocycles. The molecule has 14 heavy (non-hydrogen) atoms. The number of carboxylic acids is 1. The van der Waals surface area contributed by atoms with Gasteiger partial charge in [-0.05, 0) is 0 Å². The molecule has 3 N–H and O–H groups in total. The predicted molar refractivity (Wildman–Crippen MR) is 42.7 cm³/mol. The number of halogens is 2. The molecule has 0 amide bonds. The van der Waals surface area contributed by atoms with E-state index in [0.717, 1.165) is 4.68 Å². The van der Waals surface area contributed by atoms with Crippen LogP contribution in [-0.2, 0) is 11.8 Å². The molecular weight excluding hydrogens is 196 g/mol. The zero-order valence-corrected chi connectivity index (χ0v) is 7.32. The summed E-state index contributed by atoms with van der Waals surface area (Å²) in [4.78, 5) is 10.5. The molecule has 0 saturated carbocycles. The van der Waals surface area contributed by atoms with Crippen LogP contribution in [0, 0.1) is 0 Å². The lowest BCUT2D eigenvalue weighted by Crippen LogP contribution is -2.21. The van der Waals surface area contributed by atoms with Crippen molar-refractivity contribution in [2.45, 2.75) is 12.5 Å². The van der Waals surface area contributed by atoms with Crippen LogP contribution in [0.25, 0.3) is 0 Å². The van der Waals surface area contributed by atoms with Crippen molar-refractivity contribution in [1.82, 2.24) is 9.78 Å². The maximum atomic E-state index is 12.3. The van der Waals surface area contributed by atoms with Crippen molar-refractivity contribution in [3.05, 3.63) is 17.5 Å². The quantitative estimate of drug-likeness (QED) is 0.750. The van der Waals surface area contributed by atoms with Crippen LogP contribution >= 0.6 is 0 Å². The Bertz CT molecular complexity index is 351. The number of nitrogens with zero attached hydrogens (tertiary/aromatic N) is 2. The largest absolute Gasteiger partial charge is 0.480 e. The van der Waals surface area contributed by atoms with Crippen molar-refractivity contribution >= 4 is 5.97 Å². The molecule has 0 saturated heterocycles. The molecule has 1 atom stereocenters. The number of carboxylic acid groups (broad SMARTS) is 1. The molecule has 0 fully saturated rings. The van der Waals surface area contributed by atoms with E-state index in [1.807, 2.05) is 0 Å². The lowest BCUT2D eigenvalue weighted by atomic mass is 10.1. The first kappa shape index (κ1) is 10.6. The van der Waals surface area contributed by atoms with E-state index < -0.39 is 24.1 Å². The van der Waals surface area contributed by atoms with Gasteiger partial charge in [-0.2, -0.15) is 5.10 Å². The topological polar surface area (TPSA) is 81.1 Å². The first-order valence-electron chi connectivity index (χ1n) is 3.73. The lowest BCUT2D eigenvalue weighted by Gasteiger charge is -2.04. The maximum absolute atomic E-state index is 12.3. The van der Waals surface area contributed by atoms with Gasteiger partial charge in [0.05, 0.1) is 0 Å². The molecule has 1 aromatic heterocycles. The summed E-state index contributed by atoms with van der Waals surface area (Å²) in [6, 6.07) is -1.47. The molecular formula is C7H9F2N3O2. The molecule has 1 heterocycles. The van der Waals surface area contributed by atoms with E-state index in [1.54, 1.807) is 0 Å². The fourth-order valence-electron chi connectivity index (χ4n) is 1.07. The van der Waals surface area contributed by atoms with E-state index in [-0.39, 0.29) is 5.56 Å². The van der Waals surface area contributed by atoms with Crippen molar-refractivity contribution in [2.75, 3.05) is 0 Å². The Morgan fingerprint density at radius 3 is 2.71 bits per heavy atom. The highest BCUT2D eigenvalue weighted by Gasteiger charge is 2.25. The van der Waals surface area contributed by atoms with Gasteiger partial charge >= 0.3 is 5.97 Å². The van der Waals surface area contributed by atoms with E-state index in [2.05, 4.69) is 5.10 Å². The van der Waals surface area contributed by atoms with Gasteiger partial charge in [-0.3, -0.25) is 9.48 Å². The van der Waals surface area contributed by atoms with Gasteiger partial charge in [0, 0.05) is 18.8 Å². The zero-order chi connectivity index (χ0) is 10.9. The van der Waals surface area contributed by atoms with Crippen LogP contribution in [0.5, 0.6) is 0 Å². The molecule has 1 aromatic rings. The number of carbonyl (C=O) groups is 1. The summed E-state index contributed by atoms with van der Waals surface area (Å²) in [6.07, 6.45) is -1.64. The van der Waals surface area contributed by atoms with Crippen LogP contribution in [0.1, 0.15) is 23.7 Å². The van der Waals surface area contributed by atoms with Crippen LogP contribution in [-0.4, -0.2) is 20.9 Å². The second-order valence-corrected chi connectivity index (χ2v) is 2.76. The Kier molecular flexibility index (Phi) is 2.80. The molecule has 1 rings (SSSR count). The van der Waals surface area contributed by atoms with Gasteiger partial charge in [-0.15, -0.1) is 0 Å². The summed E-state index contributed by atoms with van der Waals surface area (Å²) in [6.45, 7) is 0. The van der Waals surface area contributed by atoms with Crippen LogP contribution in [0.15, 0.2) is 6.20 Å². The minimum absolute atomic E-state index is 0.157. The highest BCUT2D eigenvalue weighted by atomic mass is 19.3. The third-order valence-electron chi connectivity index (χ3n) is 1.69. The molecule has 1 unspecified atom stereocenters. The number of alkyl halides is 2. The summed E-state index contributed by atoms with van der Waals surface area (Å²) in [5, 5.41) is 12.0. The van der Waals surface area contributed by atoms with Crippen molar-refractivity contribution in [3.8, 4) is 0 Å². The molecule has 0 radical (unpaired) electrons. The molecule has 0 aliphatic rings. The molecule has 78 valence electrons. The van der Waals surface area contributed by atoms with Gasteiger partial charge in [0.1, 0.15) is 11.7 Å². The highest BCUT2D eigenvalue weighted by molar-refractivity contribution is 5.75. The van der Waals surface area contributed by atoms with Crippen LogP contribution in [0.3, 0.4) is 0 Å². The lowest BCUT2D eigenvalue weighted by molar-refractivity contribution is -0.138. The molecule has 0 bridgehead atoms. The average molecular weight is 205 g/mol. The average Bonchev–Trinajstić information content (AvgIpc) is 2.45. The number of hydrogen-bond donors (Lipinski definition) is 2. The number of aryl methyl sites for hydroxylation is 1. The smallest absolute Gasteiger partial charge is 0.325 e. The monoisotopic (exact) mass is 205 g/mol. The zero-order valence-electron chi connectivity index (χ0n) is 7.32. The van der Waals surface area contributed by atoms with Gasteiger partial charge in [0.15, 0.2) is 0 Å². The SMILES string of the molecule is Cn1cc(C(N)C(=O)O)c(C(F)F)n1. The fraction of sp³-hybridized carbons (Fsp3) is 0.429. The van der Waals surface area contributed by atoms with E-state index in [4.69, 9.17) is 10.8 Å². The third kappa shape index (κ3) is 1.87.